The van der Waals surface area contributed by atoms with Crippen molar-refractivity contribution in [3.05, 3.63) is 18.1 Å². The number of nitrogens with zero attached hydrogens (tertiary/aromatic N) is 2. The van der Waals surface area contributed by atoms with Crippen molar-refractivity contribution in [2.75, 3.05) is 25.1 Å². The second-order valence-electron chi connectivity index (χ2n) is 6.60. The normalized spacial score (nSPS) is 26.8. The van der Waals surface area contributed by atoms with Gasteiger partial charge in [-0.15, -0.1) is 0 Å². The molecule has 3 N–H and O–H groups in total. The van der Waals surface area contributed by atoms with Gasteiger partial charge in [-0.05, 0) is 32.6 Å². The number of aromatic nitrogens is 2. The van der Waals surface area contributed by atoms with E-state index in [2.05, 4.69) is 28.3 Å². The molecule has 0 radical (unpaired) electrons. The third-order valence-electron chi connectivity index (χ3n) is 4.95. The molecule has 0 bridgehead atoms. The molecule has 2 fully saturated rings. The number of anilines is 1. The highest BCUT2D eigenvalue weighted by atomic mass is 16.5. The van der Waals surface area contributed by atoms with Gasteiger partial charge in [-0.1, -0.05) is 6.42 Å². The quantitative estimate of drug-likeness (QED) is 0.806. The lowest BCUT2D eigenvalue weighted by Crippen LogP contribution is -2.41. The van der Waals surface area contributed by atoms with Crippen LogP contribution in [0.25, 0.3) is 0 Å². The number of nitrogens with two attached hydrogens (primary N) is 1. The van der Waals surface area contributed by atoms with Crippen LogP contribution >= 0.6 is 0 Å². The maximum absolute atomic E-state index is 5.86. The second kappa shape index (κ2) is 6.28. The predicted octanol–water partition coefficient (Wildman–Crippen LogP) is 2.30. The molecule has 2 aliphatic carbocycles. The highest BCUT2D eigenvalue weighted by Gasteiger charge is 2.37. The lowest BCUT2D eigenvalue weighted by atomic mass is 9.69. The summed E-state index contributed by atoms with van der Waals surface area (Å²) in [7, 11) is 0. The molecule has 5 heteroatoms. The van der Waals surface area contributed by atoms with E-state index in [1.807, 2.05) is 0 Å². The van der Waals surface area contributed by atoms with Crippen molar-refractivity contribution in [1.29, 1.82) is 0 Å². The Labute approximate surface area is 126 Å². The van der Waals surface area contributed by atoms with Gasteiger partial charge in [-0.3, -0.25) is 0 Å². The molecule has 0 aliphatic heterocycles. The Morgan fingerprint density at radius 1 is 1.38 bits per heavy atom. The summed E-state index contributed by atoms with van der Waals surface area (Å²) < 4.78 is 5.64. The highest BCUT2D eigenvalue weighted by molar-refractivity contribution is 5.37. The minimum Gasteiger partial charge on any atom is -0.381 e. The minimum atomic E-state index is 0.306. The van der Waals surface area contributed by atoms with Crippen LogP contribution in [-0.2, 0) is 4.74 Å². The van der Waals surface area contributed by atoms with E-state index in [9.17, 15) is 0 Å². The van der Waals surface area contributed by atoms with Crippen molar-refractivity contribution in [3.8, 4) is 0 Å². The molecule has 116 valence electrons. The number of rotatable bonds is 7. The van der Waals surface area contributed by atoms with Crippen LogP contribution in [0.15, 0.2) is 12.4 Å². The number of nitrogens with one attached hydrogen (secondary N) is 1. The Morgan fingerprint density at radius 2 is 2.19 bits per heavy atom. The summed E-state index contributed by atoms with van der Waals surface area (Å²) in [5, 5.41) is 3.49. The molecule has 2 aliphatic rings. The van der Waals surface area contributed by atoms with E-state index in [1.165, 1.54) is 19.3 Å². The molecule has 0 saturated heterocycles. The first-order valence-corrected chi connectivity index (χ1v) is 8.10. The molecule has 0 aromatic carbocycles. The maximum Gasteiger partial charge on any atom is 0.129 e. The van der Waals surface area contributed by atoms with E-state index >= 15 is 0 Å². The van der Waals surface area contributed by atoms with Crippen molar-refractivity contribution >= 4 is 5.82 Å². The van der Waals surface area contributed by atoms with Crippen LogP contribution in [0.5, 0.6) is 0 Å². The number of hydrogen-bond acceptors (Lipinski definition) is 5. The summed E-state index contributed by atoms with van der Waals surface area (Å²) in [6, 6.07) is 2.44. The fraction of sp³-hybridized carbons (Fsp3) is 0.750. The van der Waals surface area contributed by atoms with E-state index in [-0.39, 0.29) is 0 Å². The Bertz CT molecular complexity index is 469. The predicted molar refractivity (Wildman–Crippen MR) is 83.2 cm³/mol. The van der Waals surface area contributed by atoms with Crippen molar-refractivity contribution < 1.29 is 4.74 Å². The maximum atomic E-state index is 5.86. The summed E-state index contributed by atoms with van der Waals surface area (Å²) in [6.45, 7) is 4.64. The van der Waals surface area contributed by atoms with E-state index < -0.39 is 0 Å². The monoisotopic (exact) mass is 290 g/mol. The fourth-order valence-corrected chi connectivity index (χ4v) is 3.24. The Kier molecular flexibility index (Phi) is 4.40. The zero-order valence-corrected chi connectivity index (χ0v) is 12.8. The zero-order chi connectivity index (χ0) is 14.7. The van der Waals surface area contributed by atoms with E-state index in [0.717, 1.165) is 44.1 Å². The highest BCUT2D eigenvalue weighted by Crippen LogP contribution is 2.41. The summed E-state index contributed by atoms with van der Waals surface area (Å²) in [5.74, 6) is 1.45. The number of hydrogen-bond donors (Lipinski definition) is 2. The third kappa shape index (κ3) is 3.35. The van der Waals surface area contributed by atoms with E-state index in [1.54, 1.807) is 6.33 Å². The van der Waals surface area contributed by atoms with Crippen LogP contribution in [0.4, 0.5) is 5.82 Å². The molecule has 2 saturated carbocycles. The summed E-state index contributed by atoms with van der Waals surface area (Å²) in [4.78, 5) is 8.74. The van der Waals surface area contributed by atoms with Crippen molar-refractivity contribution in [2.45, 2.75) is 51.0 Å². The van der Waals surface area contributed by atoms with Crippen molar-refractivity contribution in [1.82, 2.24) is 9.97 Å². The molecule has 0 amide bonds. The van der Waals surface area contributed by atoms with E-state index in [4.69, 9.17) is 10.5 Å². The van der Waals surface area contributed by atoms with Crippen LogP contribution in [0.1, 0.15) is 50.6 Å². The van der Waals surface area contributed by atoms with Gasteiger partial charge >= 0.3 is 0 Å². The van der Waals surface area contributed by atoms with Crippen LogP contribution < -0.4 is 11.1 Å². The minimum absolute atomic E-state index is 0.306. The van der Waals surface area contributed by atoms with Gasteiger partial charge in [0.1, 0.15) is 12.1 Å². The van der Waals surface area contributed by atoms with Crippen LogP contribution in [0, 0.1) is 5.41 Å². The molecular formula is C16H26N4O. The van der Waals surface area contributed by atoms with Crippen molar-refractivity contribution in [2.24, 2.45) is 11.1 Å². The van der Waals surface area contributed by atoms with Gasteiger partial charge in [0.15, 0.2) is 0 Å². The number of ether oxygens (including phenoxy) is 1. The lowest BCUT2D eigenvalue weighted by molar-refractivity contribution is 0.00798. The van der Waals surface area contributed by atoms with Gasteiger partial charge in [-0.2, -0.15) is 0 Å². The van der Waals surface area contributed by atoms with Gasteiger partial charge in [-0.25, -0.2) is 9.97 Å². The molecule has 0 unspecified atom stereocenters. The van der Waals surface area contributed by atoms with Gasteiger partial charge in [0.25, 0.3) is 0 Å². The smallest absolute Gasteiger partial charge is 0.129 e. The zero-order valence-electron chi connectivity index (χ0n) is 12.8. The van der Waals surface area contributed by atoms with Crippen molar-refractivity contribution in [3.63, 3.8) is 0 Å². The Balaban J connectivity index is 1.56. The molecule has 1 aromatic heterocycles. The standard InChI is InChI=1S/C16H26N4O/c1-2-21-10-16(4-3-5-16)9-18-15-8-14(19-11-20-15)12-6-13(17)7-12/h8,11-13H,2-7,9-10,17H2,1H3,(H,18,19,20). The molecule has 0 spiro atoms. The van der Waals surface area contributed by atoms with Gasteiger partial charge in [0.2, 0.25) is 0 Å². The average Bonchev–Trinajstić information content (AvgIpc) is 2.43. The van der Waals surface area contributed by atoms with Gasteiger partial charge in [0, 0.05) is 42.3 Å². The van der Waals surface area contributed by atoms with Crippen LogP contribution in [-0.4, -0.2) is 35.8 Å². The van der Waals surface area contributed by atoms with Crippen LogP contribution in [0.3, 0.4) is 0 Å². The molecule has 0 atom stereocenters. The summed E-state index contributed by atoms with van der Waals surface area (Å²) in [5.41, 5.74) is 7.29. The molecule has 3 rings (SSSR count). The van der Waals surface area contributed by atoms with Gasteiger partial charge in [0.05, 0.1) is 6.61 Å². The lowest BCUT2D eigenvalue weighted by Gasteiger charge is -2.41. The summed E-state index contributed by atoms with van der Waals surface area (Å²) >= 11 is 0. The largest absolute Gasteiger partial charge is 0.381 e. The topological polar surface area (TPSA) is 73.1 Å². The Morgan fingerprint density at radius 3 is 2.81 bits per heavy atom. The summed E-state index contributed by atoms with van der Waals surface area (Å²) in [6.07, 6.45) is 7.56. The molecular weight excluding hydrogens is 264 g/mol. The molecule has 1 heterocycles. The first kappa shape index (κ1) is 14.7. The third-order valence-corrected chi connectivity index (χ3v) is 4.95. The average molecular weight is 290 g/mol. The van der Waals surface area contributed by atoms with Gasteiger partial charge < -0.3 is 15.8 Å². The van der Waals surface area contributed by atoms with E-state index in [0.29, 0.717) is 17.4 Å². The molecule has 5 nitrogen and oxygen atoms in total. The second-order valence-corrected chi connectivity index (χ2v) is 6.60. The molecule has 1 aromatic rings. The molecule has 21 heavy (non-hydrogen) atoms. The first-order chi connectivity index (χ1) is 10.2. The van der Waals surface area contributed by atoms with Crippen LogP contribution in [0.2, 0.25) is 0 Å². The SMILES string of the molecule is CCOCC1(CNc2cc(C3CC(N)C3)ncn2)CCC1. The first-order valence-electron chi connectivity index (χ1n) is 8.10. The Hall–Kier alpha value is -1.20. The fourth-order valence-electron chi connectivity index (χ4n) is 3.24.